The first kappa shape index (κ1) is 11.6. The lowest BCUT2D eigenvalue weighted by molar-refractivity contribution is 0.258. The smallest absolute Gasteiger partial charge is 0.271 e. The molecule has 1 aromatic heterocycles. The molecular formula is C11H10N2O3S. The van der Waals surface area contributed by atoms with Gasteiger partial charge in [0.15, 0.2) is 0 Å². The van der Waals surface area contributed by atoms with Crippen molar-refractivity contribution in [2.45, 2.75) is 4.90 Å². The zero-order valence-electron chi connectivity index (χ0n) is 8.78. The Balaban J connectivity index is 2.09. The van der Waals surface area contributed by atoms with Gasteiger partial charge in [0.1, 0.15) is 0 Å². The van der Waals surface area contributed by atoms with Crippen molar-refractivity contribution in [2.75, 3.05) is 0 Å². The average molecular weight is 250 g/mol. The van der Waals surface area contributed by atoms with Crippen molar-refractivity contribution in [3.8, 4) is 5.88 Å². The fraction of sp³-hybridized carbons (Fsp3) is 0. The summed E-state index contributed by atoms with van der Waals surface area (Å²) < 4.78 is 23.5. The van der Waals surface area contributed by atoms with Crippen LogP contribution in [-0.4, -0.2) is 13.4 Å². The summed E-state index contributed by atoms with van der Waals surface area (Å²) >= 11 is 0. The van der Waals surface area contributed by atoms with E-state index in [0.717, 1.165) is 0 Å². The van der Waals surface area contributed by atoms with E-state index in [9.17, 15) is 8.42 Å². The lowest BCUT2D eigenvalue weighted by atomic mass is 10.4. The molecule has 1 N–H and O–H groups in total. The molecule has 88 valence electrons. The number of hydrogen-bond acceptors (Lipinski definition) is 4. The molecule has 0 fully saturated rings. The molecule has 0 aliphatic carbocycles. The van der Waals surface area contributed by atoms with E-state index < -0.39 is 10.0 Å². The molecule has 0 saturated carbocycles. The average Bonchev–Trinajstić information content (AvgIpc) is 2.39. The van der Waals surface area contributed by atoms with E-state index in [2.05, 4.69) is 4.98 Å². The van der Waals surface area contributed by atoms with Crippen molar-refractivity contribution in [3.63, 3.8) is 0 Å². The molecular weight excluding hydrogens is 240 g/mol. The van der Waals surface area contributed by atoms with Crippen LogP contribution in [0.25, 0.3) is 0 Å². The molecule has 0 aliphatic heterocycles. The predicted octanol–water partition coefficient (Wildman–Crippen LogP) is 1.35. The van der Waals surface area contributed by atoms with Crippen LogP contribution in [0.2, 0.25) is 0 Å². The highest BCUT2D eigenvalue weighted by Crippen LogP contribution is 2.08. The summed E-state index contributed by atoms with van der Waals surface area (Å²) in [6, 6.07) is 12.9. The fourth-order valence-corrected chi connectivity index (χ4v) is 1.96. The Morgan fingerprint density at radius 1 is 1.00 bits per heavy atom. The van der Waals surface area contributed by atoms with E-state index in [1.807, 2.05) is 4.89 Å². The molecule has 0 unspecified atom stereocenters. The van der Waals surface area contributed by atoms with Gasteiger partial charge in [-0.3, -0.25) is 0 Å². The minimum Gasteiger partial charge on any atom is -0.373 e. The van der Waals surface area contributed by atoms with Crippen molar-refractivity contribution in [2.24, 2.45) is 0 Å². The Kier molecular flexibility index (Phi) is 3.36. The lowest BCUT2D eigenvalue weighted by Gasteiger charge is -2.06. The van der Waals surface area contributed by atoms with Gasteiger partial charge in [-0.05, 0) is 23.1 Å². The molecule has 0 saturated heterocycles. The summed E-state index contributed by atoms with van der Waals surface area (Å²) in [4.78, 5) is 10.8. The largest absolute Gasteiger partial charge is 0.373 e. The summed E-state index contributed by atoms with van der Waals surface area (Å²) in [6.45, 7) is 0. The van der Waals surface area contributed by atoms with Crippen molar-refractivity contribution >= 4 is 10.0 Å². The normalized spacial score (nSPS) is 11.1. The van der Waals surface area contributed by atoms with Crippen LogP contribution in [0.3, 0.4) is 0 Å². The van der Waals surface area contributed by atoms with Gasteiger partial charge in [-0.2, -0.15) is 0 Å². The van der Waals surface area contributed by atoms with E-state index in [1.165, 1.54) is 18.3 Å². The van der Waals surface area contributed by atoms with Gasteiger partial charge >= 0.3 is 0 Å². The summed E-state index contributed by atoms with van der Waals surface area (Å²) in [5.41, 5.74) is 0. The second kappa shape index (κ2) is 4.94. The van der Waals surface area contributed by atoms with Gasteiger partial charge in [-0.1, -0.05) is 24.3 Å². The van der Waals surface area contributed by atoms with Gasteiger partial charge in [0.05, 0.1) is 4.90 Å². The van der Waals surface area contributed by atoms with Gasteiger partial charge in [0.2, 0.25) is 5.88 Å². The molecule has 1 aromatic carbocycles. The minimum atomic E-state index is -3.67. The molecule has 1 heterocycles. The van der Waals surface area contributed by atoms with Crippen LogP contribution >= 0.6 is 0 Å². The first-order chi connectivity index (χ1) is 8.18. The maximum absolute atomic E-state index is 11.7. The Morgan fingerprint density at radius 3 is 2.35 bits per heavy atom. The highest BCUT2D eigenvalue weighted by Gasteiger charge is 2.13. The van der Waals surface area contributed by atoms with E-state index in [4.69, 9.17) is 4.84 Å². The van der Waals surface area contributed by atoms with Crippen LogP contribution in [0.4, 0.5) is 0 Å². The van der Waals surface area contributed by atoms with Crippen molar-refractivity contribution in [1.82, 2.24) is 9.87 Å². The Bertz CT molecular complexity index is 570. The quantitative estimate of drug-likeness (QED) is 0.832. The second-order valence-electron chi connectivity index (χ2n) is 3.17. The van der Waals surface area contributed by atoms with E-state index in [1.54, 1.807) is 36.4 Å². The molecule has 0 atom stereocenters. The Hall–Kier alpha value is -1.92. The maximum Gasteiger partial charge on any atom is 0.271 e. The van der Waals surface area contributed by atoms with Gasteiger partial charge in [0, 0.05) is 12.3 Å². The zero-order chi connectivity index (χ0) is 12.1. The monoisotopic (exact) mass is 250 g/mol. The minimum absolute atomic E-state index is 0.135. The van der Waals surface area contributed by atoms with Crippen LogP contribution in [0.5, 0.6) is 5.88 Å². The fourth-order valence-electron chi connectivity index (χ4n) is 1.15. The Labute approximate surface area is 99.1 Å². The van der Waals surface area contributed by atoms with E-state index in [0.29, 0.717) is 0 Å². The maximum atomic E-state index is 11.7. The molecule has 0 amide bonds. The standard InChI is InChI=1S/C11H10N2O3S/c14-17(15,10-6-2-1-3-7-10)13-16-11-8-4-5-9-12-11/h1-9,13H. The molecule has 5 nitrogen and oxygen atoms in total. The lowest BCUT2D eigenvalue weighted by Crippen LogP contribution is -2.27. The molecule has 2 aromatic rings. The van der Waals surface area contributed by atoms with Crippen molar-refractivity contribution in [1.29, 1.82) is 0 Å². The third kappa shape index (κ3) is 3.02. The predicted molar refractivity (Wildman–Crippen MR) is 61.6 cm³/mol. The number of pyridine rings is 1. The van der Waals surface area contributed by atoms with E-state index in [-0.39, 0.29) is 10.8 Å². The highest BCUT2D eigenvalue weighted by molar-refractivity contribution is 7.89. The third-order valence-electron chi connectivity index (χ3n) is 1.95. The Morgan fingerprint density at radius 2 is 1.71 bits per heavy atom. The molecule has 0 aliphatic rings. The number of rotatable bonds is 4. The number of nitrogens with one attached hydrogen (secondary N) is 1. The van der Waals surface area contributed by atoms with Crippen LogP contribution in [-0.2, 0) is 10.0 Å². The molecule has 2 rings (SSSR count). The summed E-state index contributed by atoms with van der Waals surface area (Å²) in [7, 11) is -3.67. The number of hydrogen-bond donors (Lipinski definition) is 1. The van der Waals surface area contributed by atoms with Crippen LogP contribution in [0, 0.1) is 0 Å². The van der Waals surface area contributed by atoms with Gasteiger partial charge in [0.25, 0.3) is 10.0 Å². The summed E-state index contributed by atoms with van der Waals surface area (Å²) in [5.74, 6) is 0.187. The summed E-state index contributed by atoms with van der Waals surface area (Å²) in [6.07, 6.45) is 1.51. The number of sulfonamides is 1. The van der Waals surface area contributed by atoms with Crippen molar-refractivity contribution < 1.29 is 13.3 Å². The highest BCUT2D eigenvalue weighted by atomic mass is 32.2. The SMILES string of the molecule is O=S(=O)(NOc1ccccn1)c1ccccc1. The van der Waals surface area contributed by atoms with Gasteiger partial charge < -0.3 is 4.84 Å². The van der Waals surface area contributed by atoms with Crippen molar-refractivity contribution in [3.05, 3.63) is 54.7 Å². The van der Waals surface area contributed by atoms with Gasteiger partial charge in [-0.25, -0.2) is 13.4 Å². The van der Waals surface area contributed by atoms with Gasteiger partial charge in [-0.15, -0.1) is 0 Å². The van der Waals surface area contributed by atoms with Crippen LogP contribution in [0.1, 0.15) is 0 Å². The van der Waals surface area contributed by atoms with E-state index >= 15 is 0 Å². The molecule has 17 heavy (non-hydrogen) atoms. The molecule has 0 spiro atoms. The molecule has 6 heteroatoms. The number of aromatic nitrogens is 1. The zero-order valence-corrected chi connectivity index (χ0v) is 9.59. The second-order valence-corrected chi connectivity index (χ2v) is 4.81. The molecule has 0 radical (unpaired) electrons. The van der Waals surface area contributed by atoms with Crippen LogP contribution in [0.15, 0.2) is 59.6 Å². The molecule has 0 bridgehead atoms. The third-order valence-corrected chi connectivity index (χ3v) is 3.14. The first-order valence-corrected chi connectivity index (χ1v) is 6.31. The summed E-state index contributed by atoms with van der Waals surface area (Å²) in [5, 5.41) is 0. The van der Waals surface area contributed by atoms with Crippen LogP contribution < -0.4 is 9.72 Å². The first-order valence-electron chi connectivity index (χ1n) is 4.83. The topological polar surface area (TPSA) is 68.3 Å². The number of benzene rings is 1. The number of nitrogens with zero attached hydrogens (tertiary/aromatic N) is 1.